The van der Waals surface area contributed by atoms with Crippen LogP contribution in [-0.2, 0) is 45.0 Å². The van der Waals surface area contributed by atoms with Gasteiger partial charge in [0.1, 0.15) is 40.4 Å². The standard InChI is InChI=1S/C26H37N5O6S.C20H24ClN3O4S.C7H15NO2.ClH/c1-4-7-18-16-29(6-3)24-23(18)27-25(28-26(24)34)20-15-19(8-9-21(20)37-14-5-2)38(35,36)31-12-10-30(11-13-31)22(33)17-32;1-4-7-13-12-24(6-3)18-17(13)22-19(23-20(18)25)15-11-14(29(21,26)27)8-9-16(15)28-10-5-2;9-5-7(10)6-1-3-8-4-2-6;/h8-9,15-16,22,32-33H,4-7,10-14,17H2,1-3H3,(H,27,28,34);8-9,11-12H,4-7,10H2,1-3H3,(H,22,23,25);6-10H,1-5H2;1H/t22-;;7-;/m1.1./s1. The molecule has 2 aliphatic heterocycles. The Kier molecular flexibility index (Phi) is 24.2. The minimum Gasteiger partial charge on any atom is -0.493 e. The number of benzene rings is 2. The summed E-state index contributed by atoms with van der Waals surface area (Å²) in [6.07, 6.45) is 9.27. The van der Waals surface area contributed by atoms with Gasteiger partial charge in [-0.1, -0.05) is 40.5 Å². The SMILES string of the molecule is CCCOc1ccc(S(=O)(=O)Cl)cc1-c1nc2c(CCC)cn(CC)c2c(=O)[nH]1.CCCOc1ccc(S(=O)(=O)N2CCN([C@H](O)CO)CC2)cc1-c1nc2c(CCC)cn(CC)c2c(=O)[nH]1.Cl.OC[C@@H](O)C1CCNCC1. The van der Waals surface area contributed by atoms with Crippen molar-refractivity contribution >= 4 is 64.2 Å². The summed E-state index contributed by atoms with van der Waals surface area (Å²) in [5, 5.41) is 40.1. The Morgan fingerprint density at radius 3 is 1.55 bits per heavy atom. The summed E-state index contributed by atoms with van der Waals surface area (Å²) >= 11 is 0. The van der Waals surface area contributed by atoms with Gasteiger partial charge in [-0.05, 0) is 119 Å². The van der Waals surface area contributed by atoms with E-state index in [0.717, 1.165) is 75.6 Å². The smallest absolute Gasteiger partial charge is 0.275 e. The van der Waals surface area contributed by atoms with E-state index >= 15 is 0 Å². The number of aromatic nitrogens is 6. The Hall–Kier alpha value is -4.92. The quantitative estimate of drug-likeness (QED) is 0.0431. The third kappa shape index (κ3) is 15.3. The molecule has 25 heteroatoms. The van der Waals surface area contributed by atoms with E-state index < -0.39 is 38.0 Å². The lowest BCUT2D eigenvalue weighted by atomic mass is 9.93. The fourth-order valence-electron chi connectivity index (χ4n) is 9.46. The Morgan fingerprint density at radius 1 is 0.679 bits per heavy atom. The second-order valence-corrected chi connectivity index (χ2v) is 23.5. The van der Waals surface area contributed by atoms with Crippen LogP contribution in [0.2, 0.25) is 0 Å². The number of sulfonamides is 1. The molecule has 7 N–H and O–H groups in total. The number of hydrogen-bond donors (Lipinski definition) is 7. The van der Waals surface area contributed by atoms with Crippen LogP contribution in [0.3, 0.4) is 0 Å². The first-order chi connectivity index (χ1) is 36.9. The summed E-state index contributed by atoms with van der Waals surface area (Å²) in [4.78, 5) is 42.9. The second kappa shape index (κ2) is 29.5. The van der Waals surface area contributed by atoms with Gasteiger partial charge >= 0.3 is 0 Å². The first-order valence-corrected chi connectivity index (χ1v) is 30.4. The van der Waals surface area contributed by atoms with E-state index in [0.29, 0.717) is 90.0 Å². The summed E-state index contributed by atoms with van der Waals surface area (Å²) in [6.45, 7) is 16.5. The molecule has 0 unspecified atom stereocenters. The fourth-order valence-corrected chi connectivity index (χ4v) is 11.7. The number of rotatable bonds is 21. The largest absolute Gasteiger partial charge is 0.493 e. The van der Waals surface area contributed by atoms with Gasteiger partial charge in [0.25, 0.3) is 20.2 Å². The molecular weight excluding hydrogens is 1090 g/mol. The lowest BCUT2D eigenvalue weighted by Crippen LogP contribution is -2.52. The number of ether oxygens (including phenoxy) is 2. The first-order valence-electron chi connectivity index (χ1n) is 26.6. The van der Waals surface area contributed by atoms with Gasteiger partial charge in [-0.3, -0.25) is 14.5 Å². The first kappa shape index (κ1) is 63.9. The Morgan fingerprint density at radius 2 is 1.14 bits per heavy atom. The van der Waals surface area contributed by atoms with Crippen LogP contribution in [0.5, 0.6) is 11.5 Å². The molecule has 0 bridgehead atoms. The maximum atomic E-state index is 13.6. The zero-order valence-electron chi connectivity index (χ0n) is 45.3. The fraction of sp³-hybridized carbons (Fsp3) is 0.547. The van der Waals surface area contributed by atoms with Crippen LogP contribution in [0.15, 0.2) is 68.2 Å². The van der Waals surface area contributed by atoms with Gasteiger partial charge in [0.2, 0.25) is 10.0 Å². The highest BCUT2D eigenvalue weighted by atomic mass is 35.7. The molecule has 2 aliphatic rings. The number of aliphatic hydroxyl groups excluding tert-OH is 4. The van der Waals surface area contributed by atoms with Crippen LogP contribution in [0.1, 0.15) is 91.2 Å². The van der Waals surface area contributed by atoms with Gasteiger partial charge in [-0.25, -0.2) is 26.8 Å². The molecule has 432 valence electrons. The number of hydrogen-bond acceptors (Lipinski definition) is 16. The average Bonchev–Trinajstić information content (AvgIpc) is 4.05. The molecule has 2 atom stereocenters. The predicted octanol–water partition coefficient (Wildman–Crippen LogP) is 5.61. The van der Waals surface area contributed by atoms with E-state index in [1.807, 2.05) is 49.2 Å². The number of aryl methyl sites for hydroxylation is 4. The molecule has 6 aromatic rings. The van der Waals surface area contributed by atoms with Gasteiger partial charge in [0, 0.05) is 62.3 Å². The lowest BCUT2D eigenvalue weighted by molar-refractivity contribution is -0.0471. The van der Waals surface area contributed by atoms with Crippen molar-refractivity contribution in [3.63, 3.8) is 0 Å². The highest BCUT2D eigenvalue weighted by Gasteiger charge is 2.32. The average molecular weight is 1170 g/mol. The number of piperidine rings is 1. The molecule has 2 saturated heterocycles. The van der Waals surface area contributed by atoms with E-state index in [-0.39, 0.29) is 64.7 Å². The number of aromatic amines is 2. The van der Waals surface area contributed by atoms with Gasteiger partial charge in [0.15, 0.2) is 0 Å². The molecule has 8 rings (SSSR count). The zero-order valence-corrected chi connectivity index (χ0v) is 48.5. The molecule has 6 heterocycles. The Bertz CT molecular complexity index is 3260. The molecule has 78 heavy (non-hydrogen) atoms. The van der Waals surface area contributed by atoms with Crippen molar-refractivity contribution < 1.29 is 46.7 Å². The second-order valence-electron chi connectivity index (χ2n) is 19.0. The third-order valence-corrected chi connectivity index (χ3v) is 16.8. The number of halogens is 2. The summed E-state index contributed by atoms with van der Waals surface area (Å²) in [5.74, 6) is 1.70. The molecule has 0 saturated carbocycles. The topological polar surface area (TPSA) is 288 Å². The monoisotopic (exact) mass is 1170 g/mol. The molecule has 21 nitrogen and oxygen atoms in total. The Labute approximate surface area is 466 Å². The van der Waals surface area contributed by atoms with Gasteiger partial charge in [-0.15, -0.1) is 12.4 Å². The van der Waals surface area contributed by atoms with Crippen LogP contribution in [0.4, 0.5) is 0 Å². The van der Waals surface area contributed by atoms with E-state index in [2.05, 4.69) is 29.1 Å². The van der Waals surface area contributed by atoms with Crippen molar-refractivity contribution in [2.75, 3.05) is 65.7 Å². The number of nitrogens with one attached hydrogen (secondary N) is 3. The van der Waals surface area contributed by atoms with E-state index in [1.54, 1.807) is 11.0 Å². The maximum absolute atomic E-state index is 13.6. The van der Waals surface area contributed by atoms with Crippen molar-refractivity contribution in [3.8, 4) is 34.3 Å². The predicted molar refractivity (Wildman–Crippen MR) is 305 cm³/mol. The number of H-pyrrole nitrogens is 2. The number of aliphatic hydroxyl groups is 4. The van der Waals surface area contributed by atoms with Gasteiger partial charge < -0.3 is 54.3 Å². The molecule has 0 radical (unpaired) electrons. The minimum atomic E-state index is -3.95. The van der Waals surface area contributed by atoms with Crippen LogP contribution in [-0.4, -0.2) is 154 Å². The highest BCUT2D eigenvalue weighted by molar-refractivity contribution is 8.13. The van der Waals surface area contributed by atoms with Crippen molar-refractivity contribution in [2.45, 2.75) is 128 Å². The van der Waals surface area contributed by atoms with E-state index in [1.165, 1.54) is 34.6 Å². The lowest BCUT2D eigenvalue weighted by Gasteiger charge is -2.36. The van der Waals surface area contributed by atoms with Gasteiger partial charge in [0.05, 0.1) is 64.5 Å². The van der Waals surface area contributed by atoms with Gasteiger partial charge in [-0.2, -0.15) is 4.31 Å². The van der Waals surface area contributed by atoms with Crippen LogP contribution >= 0.6 is 23.1 Å². The Balaban J connectivity index is 0.000000247. The van der Waals surface area contributed by atoms with Crippen molar-refractivity contribution in [1.29, 1.82) is 0 Å². The molecule has 4 aromatic heterocycles. The number of piperazine rings is 1. The van der Waals surface area contributed by atoms with Crippen LogP contribution < -0.4 is 25.9 Å². The van der Waals surface area contributed by atoms with Crippen LogP contribution in [0, 0.1) is 5.92 Å². The van der Waals surface area contributed by atoms with Crippen molar-refractivity contribution in [3.05, 3.63) is 80.6 Å². The van der Waals surface area contributed by atoms with E-state index in [4.69, 9.17) is 35.2 Å². The summed E-state index contributed by atoms with van der Waals surface area (Å²) in [7, 11) is -2.29. The summed E-state index contributed by atoms with van der Waals surface area (Å²) in [5.41, 5.74) is 4.41. The molecule has 2 aromatic carbocycles. The molecule has 0 aliphatic carbocycles. The molecule has 0 amide bonds. The normalized spacial score (nSPS) is 15.5. The maximum Gasteiger partial charge on any atom is 0.275 e. The molecule has 0 spiro atoms. The number of fused-ring (bicyclic) bond motifs is 2. The third-order valence-electron chi connectivity index (χ3n) is 13.5. The number of nitrogens with zero attached hydrogens (tertiary/aromatic N) is 6. The molecule has 2 fully saturated rings. The van der Waals surface area contributed by atoms with Crippen LogP contribution in [0.25, 0.3) is 44.8 Å². The summed E-state index contributed by atoms with van der Waals surface area (Å²) < 4.78 is 67.6. The highest BCUT2D eigenvalue weighted by Crippen LogP contribution is 2.35. The van der Waals surface area contributed by atoms with Crippen molar-refractivity contribution in [1.82, 2.24) is 43.6 Å². The summed E-state index contributed by atoms with van der Waals surface area (Å²) in [6, 6.07) is 8.92. The molecular formula is C53H77Cl2N9O12S2. The van der Waals surface area contributed by atoms with E-state index in [9.17, 15) is 41.7 Å². The van der Waals surface area contributed by atoms with Crippen molar-refractivity contribution in [2.24, 2.45) is 5.92 Å². The minimum absolute atomic E-state index is 0. The zero-order chi connectivity index (χ0) is 56.0.